The lowest BCUT2D eigenvalue weighted by Gasteiger charge is -2.15. The Morgan fingerprint density at radius 1 is 1.38 bits per heavy atom. The highest BCUT2D eigenvalue weighted by molar-refractivity contribution is 6.32. The summed E-state index contributed by atoms with van der Waals surface area (Å²) in [7, 11) is 0. The van der Waals surface area contributed by atoms with Crippen LogP contribution in [0.15, 0.2) is 24.8 Å². The smallest absolute Gasteiger partial charge is 0.412 e. The zero-order valence-electron chi connectivity index (χ0n) is 12.4. The molecular weight excluding hydrogens is 294 g/mol. The molecule has 0 bridgehead atoms. The van der Waals surface area contributed by atoms with E-state index in [1.165, 1.54) is 6.08 Å². The monoisotopic (exact) mass is 313 g/mol. The van der Waals surface area contributed by atoms with Crippen LogP contribution < -0.4 is 14.8 Å². The van der Waals surface area contributed by atoms with Gasteiger partial charge in [0.2, 0.25) is 0 Å². The molecule has 1 N–H and O–H groups in total. The van der Waals surface area contributed by atoms with Gasteiger partial charge in [-0.3, -0.25) is 5.32 Å². The topological polar surface area (TPSA) is 56.8 Å². The highest BCUT2D eigenvalue weighted by atomic mass is 35.5. The van der Waals surface area contributed by atoms with Gasteiger partial charge in [0.05, 0.1) is 18.2 Å². The molecule has 1 amide bonds. The van der Waals surface area contributed by atoms with Crippen molar-refractivity contribution in [1.29, 1.82) is 0 Å². The third-order valence-corrected chi connectivity index (χ3v) is 2.75. The van der Waals surface area contributed by atoms with Gasteiger partial charge in [0.15, 0.2) is 11.5 Å². The number of amides is 1. The van der Waals surface area contributed by atoms with Gasteiger partial charge in [0, 0.05) is 11.8 Å². The van der Waals surface area contributed by atoms with Crippen molar-refractivity contribution in [2.24, 2.45) is 0 Å². The maximum Gasteiger partial charge on any atom is 0.412 e. The van der Waals surface area contributed by atoms with Crippen LogP contribution in [0.4, 0.5) is 10.5 Å². The van der Waals surface area contributed by atoms with Crippen molar-refractivity contribution in [2.75, 3.05) is 18.5 Å². The van der Waals surface area contributed by atoms with E-state index in [9.17, 15) is 4.79 Å². The van der Waals surface area contributed by atoms with Crippen LogP contribution in [0.1, 0.15) is 20.8 Å². The lowest BCUT2D eigenvalue weighted by atomic mass is 10.2. The van der Waals surface area contributed by atoms with Gasteiger partial charge < -0.3 is 14.2 Å². The van der Waals surface area contributed by atoms with E-state index >= 15 is 0 Å². The van der Waals surface area contributed by atoms with Gasteiger partial charge in [-0.15, -0.1) is 0 Å². The van der Waals surface area contributed by atoms with Crippen LogP contribution >= 0.6 is 11.6 Å². The largest absolute Gasteiger partial charge is 0.490 e. The second-order valence-electron chi connectivity index (χ2n) is 4.12. The molecule has 0 aliphatic heterocycles. The number of hydrogen-bond acceptors (Lipinski definition) is 4. The molecule has 0 saturated heterocycles. The van der Waals surface area contributed by atoms with Crippen molar-refractivity contribution in [3.8, 4) is 11.5 Å². The minimum Gasteiger partial charge on any atom is -0.490 e. The molecule has 6 heteroatoms. The summed E-state index contributed by atoms with van der Waals surface area (Å²) in [6.07, 6.45) is 0.552. The van der Waals surface area contributed by atoms with Crippen LogP contribution in [-0.2, 0) is 4.74 Å². The zero-order valence-corrected chi connectivity index (χ0v) is 13.2. The summed E-state index contributed by atoms with van der Waals surface area (Å²) in [6.45, 7) is 9.88. The molecule has 116 valence electrons. The number of carbonyl (C=O) groups excluding carboxylic acids is 1. The second-order valence-corrected chi connectivity index (χ2v) is 4.53. The lowest BCUT2D eigenvalue weighted by molar-refractivity contribution is 0.142. The molecule has 0 spiro atoms. The third-order valence-electron chi connectivity index (χ3n) is 2.47. The summed E-state index contributed by atoms with van der Waals surface area (Å²) < 4.78 is 16.0. The Labute approximate surface area is 129 Å². The van der Waals surface area contributed by atoms with Gasteiger partial charge >= 0.3 is 6.09 Å². The molecule has 0 heterocycles. The highest BCUT2D eigenvalue weighted by Crippen LogP contribution is 2.38. The van der Waals surface area contributed by atoms with Crippen molar-refractivity contribution in [3.05, 3.63) is 29.8 Å². The molecule has 1 atom stereocenters. The fourth-order valence-electron chi connectivity index (χ4n) is 1.55. The van der Waals surface area contributed by atoms with E-state index in [0.29, 0.717) is 35.4 Å². The third kappa shape index (κ3) is 5.19. The lowest BCUT2D eigenvalue weighted by Crippen LogP contribution is -2.18. The summed E-state index contributed by atoms with van der Waals surface area (Å²) in [4.78, 5) is 11.7. The fourth-order valence-corrected chi connectivity index (χ4v) is 1.82. The summed E-state index contributed by atoms with van der Waals surface area (Å²) in [5.41, 5.74) is 0.466. The van der Waals surface area contributed by atoms with Crippen LogP contribution in [0.2, 0.25) is 5.02 Å². The molecule has 0 aliphatic rings. The highest BCUT2D eigenvalue weighted by Gasteiger charge is 2.14. The normalized spacial score (nSPS) is 11.4. The Kier molecular flexibility index (Phi) is 6.88. The number of hydrogen-bond donors (Lipinski definition) is 1. The first-order chi connectivity index (χ1) is 10.0. The van der Waals surface area contributed by atoms with E-state index in [4.69, 9.17) is 25.8 Å². The zero-order chi connectivity index (χ0) is 15.8. The Bertz CT molecular complexity index is 505. The van der Waals surface area contributed by atoms with Gasteiger partial charge in [-0.1, -0.05) is 24.3 Å². The molecule has 1 rings (SSSR count). The first kappa shape index (κ1) is 17.2. The van der Waals surface area contributed by atoms with Crippen LogP contribution in [0, 0.1) is 0 Å². The molecule has 0 aliphatic carbocycles. The number of nitrogens with one attached hydrogen (secondary N) is 1. The Hall–Kier alpha value is -1.88. The van der Waals surface area contributed by atoms with Gasteiger partial charge in [0.1, 0.15) is 6.10 Å². The van der Waals surface area contributed by atoms with E-state index < -0.39 is 6.09 Å². The summed E-state index contributed by atoms with van der Waals surface area (Å²) in [5.74, 6) is 0.929. The molecule has 0 fully saturated rings. The first-order valence-electron chi connectivity index (χ1n) is 6.71. The molecule has 0 saturated carbocycles. The fraction of sp³-hybridized carbons (Fsp3) is 0.400. The average Bonchev–Trinajstić information content (AvgIpc) is 2.42. The number of rotatable bonds is 7. The number of anilines is 1. The molecule has 1 aromatic rings. The van der Waals surface area contributed by atoms with Crippen LogP contribution in [-0.4, -0.2) is 25.4 Å². The Morgan fingerprint density at radius 3 is 2.62 bits per heavy atom. The van der Waals surface area contributed by atoms with Crippen molar-refractivity contribution >= 4 is 23.4 Å². The van der Waals surface area contributed by atoms with Gasteiger partial charge in [-0.2, -0.15) is 0 Å². The molecule has 1 unspecified atom stereocenters. The van der Waals surface area contributed by atoms with Gasteiger partial charge in [0.25, 0.3) is 0 Å². The Balaban J connectivity index is 2.93. The van der Waals surface area contributed by atoms with E-state index in [1.807, 2.05) is 13.8 Å². The molecular formula is C15H20ClNO4. The molecule has 1 aromatic carbocycles. The predicted octanol–water partition coefficient (Wildman–Crippen LogP) is 4.26. The minimum atomic E-state index is -0.593. The van der Waals surface area contributed by atoms with Crippen molar-refractivity contribution < 1.29 is 19.0 Å². The van der Waals surface area contributed by atoms with E-state index in [1.54, 1.807) is 19.1 Å². The van der Waals surface area contributed by atoms with Crippen LogP contribution in [0.25, 0.3) is 0 Å². The quantitative estimate of drug-likeness (QED) is 0.764. The van der Waals surface area contributed by atoms with Crippen molar-refractivity contribution in [2.45, 2.75) is 26.9 Å². The summed E-state index contributed by atoms with van der Waals surface area (Å²) in [5, 5.41) is 2.94. The maximum atomic E-state index is 11.7. The first-order valence-corrected chi connectivity index (χ1v) is 7.08. The van der Waals surface area contributed by atoms with Gasteiger partial charge in [-0.05, 0) is 26.8 Å². The predicted molar refractivity (Wildman–Crippen MR) is 83.6 cm³/mol. The number of ether oxygens (including phenoxy) is 3. The molecule has 0 aromatic heterocycles. The second kappa shape index (κ2) is 8.42. The summed E-state index contributed by atoms with van der Waals surface area (Å²) in [6, 6.07) is 3.22. The van der Waals surface area contributed by atoms with E-state index in [0.717, 1.165) is 0 Å². The van der Waals surface area contributed by atoms with Crippen molar-refractivity contribution in [3.63, 3.8) is 0 Å². The summed E-state index contributed by atoms with van der Waals surface area (Å²) >= 11 is 6.15. The molecule has 21 heavy (non-hydrogen) atoms. The average molecular weight is 314 g/mol. The molecule has 0 radical (unpaired) electrons. The van der Waals surface area contributed by atoms with Crippen LogP contribution in [0.5, 0.6) is 11.5 Å². The van der Waals surface area contributed by atoms with Crippen molar-refractivity contribution in [1.82, 2.24) is 0 Å². The minimum absolute atomic E-state index is 0.356. The van der Waals surface area contributed by atoms with Gasteiger partial charge in [-0.25, -0.2) is 4.79 Å². The van der Waals surface area contributed by atoms with E-state index in [2.05, 4.69) is 11.9 Å². The SMILES string of the molecule is C=CC(C)OC(=O)Nc1cc(Cl)c(OCC)c(OCC)c1. The van der Waals surface area contributed by atoms with E-state index in [-0.39, 0.29) is 6.10 Å². The standard InChI is InChI=1S/C15H20ClNO4/c1-5-10(4)21-15(18)17-11-8-12(16)14(20-7-3)13(9-11)19-6-2/h5,8-10H,1,6-7H2,2-4H3,(H,17,18). The number of benzene rings is 1. The Morgan fingerprint density at radius 2 is 2.05 bits per heavy atom. The number of carbonyl (C=O) groups is 1. The maximum absolute atomic E-state index is 11.7. The number of halogens is 1. The molecule has 5 nitrogen and oxygen atoms in total. The van der Waals surface area contributed by atoms with Crippen LogP contribution in [0.3, 0.4) is 0 Å².